The molecule has 0 aliphatic heterocycles. The molecule has 17 heavy (non-hydrogen) atoms. The van der Waals surface area contributed by atoms with Gasteiger partial charge in [-0.3, -0.25) is 4.98 Å². The van der Waals surface area contributed by atoms with Crippen molar-refractivity contribution in [2.24, 2.45) is 5.92 Å². The number of pyridine rings is 1. The van der Waals surface area contributed by atoms with Crippen molar-refractivity contribution >= 4 is 0 Å². The molecule has 0 saturated carbocycles. The predicted molar refractivity (Wildman–Crippen MR) is 69.3 cm³/mol. The van der Waals surface area contributed by atoms with Gasteiger partial charge in [0.15, 0.2) is 0 Å². The first-order valence-corrected chi connectivity index (χ1v) is 6.52. The minimum absolute atomic E-state index is 0.0334. The number of hydrogen-bond donors (Lipinski definition) is 1. The van der Waals surface area contributed by atoms with Crippen LogP contribution in [-0.2, 0) is 0 Å². The SMILES string of the molecule is CCCNC(CC(C)CC)c1ncccc1F. The van der Waals surface area contributed by atoms with Crippen LogP contribution in [0.15, 0.2) is 18.3 Å². The molecule has 0 saturated heterocycles. The zero-order valence-corrected chi connectivity index (χ0v) is 11.0. The van der Waals surface area contributed by atoms with Gasteiger partial charge in [0.05, 0.1) is 11.7 Å². The lowest BCUT2D eigenvalue weighted by atomic mass is 9.96. The molecule has 0 aliphatic rings. The summed E-state index contributed by atoms with van der Waals surface area (Å²) in [5.74, 6) is 0.371. The number of nitrogens with zero attached hydrogens (tertiary/aromatic N) is 1. The fourth-order valence-corrected chi connectivity index (χ4v) is 1.83. The van der Waals surface area contributed by atoms with Crippen LogP contribution in [0.2, 0.25) is 0 Å². The number of hydrogen-bond acceptors (Lipinski definition) is 2. The van der Waals surface area contributed by atoms with Crippen molar-refractivity contribution in [3.8, 4) is 0 Å². The molecule has 1 aromatic heterocycles. The molecular weight excluding hydrogens is 215 g/mol. The highest BCUT2D eigenvalue weighted by atomic mass is 19.1. The smallest absolute Gasteiger partial charge is 0.146 e. The molecule has 2 atom stereocenters. The lowest BCUT2D eigenvalue weighted by molar-refractivity contribution is 0.384. The Kier molecular flexibility index (Phi) is 6.12. The monoisotopic (exact) mass is 238 g/mol. The summed E-state index contributed by atoms with van der Waals surface area (Å²) in [6, 6.07) is 3.16. The average molecular weight is 238 g/mol. The minimum atomic E-state index is -0.204. The Hall–Kier alpha value is -0.960. The fourth-order valence-electron chi connectivity index (χ4n) is 1.83. The first kappa shape index (κ1) is 14.1. The number of rotatable bonds is 7. The van der Waals surface area contributed by atoms with Gasteiger partial charge in [-0.25, -0.2) is 4.39 Å². The van der Waals surface area contributed by atoms with Gasteiger partial charge in [-0.1, -0.05) is 27.2 Å². The minimum Gasteiger partial charge on any atom is -0.309 e. The van der Waals surface area contributed by atoms with Crippen LogP contribution in [0, 0.1) is 11.7 Å². The van der Waals surface area contributed by atoms with E-state index in [0.717, 1.165) is 25.8 Å². The third-order valence-corrected chi connectivity index (χ3v) is 3.09. The van der Waals surface area contributed by atoms with E-state index in [1.165, 1.54) is 6.07 Å². The molecule has 0 aliphatic carbocycles. The van der Waals surface area contributed by atoms with Gasteiger partial charge in [0.2, 0.25) is 0 Å². The summed E-state index contributed by atoms with van der Waals surface area (Å²) in [5.41, 5.74) is 0.557. The number of nitrogens with one attached hydrogen (secondary N) is 1. The highest BCUT2D eigenvalue weighted by molar-refractivity contribution is 5.11. The van der Waals surface area contributed by atoms with Crippen LogP contribution >= 0.6 is 0 Å². The topological polar surface area (TPSA) is 24.9 Å². The van der Waals surface area contributed by atoms with Gasteiger partial charge in [0.1, 0.15) is 5.82 Å². The third-order valence-electron chi connectivity index (χ3n) is 3.09. The van der Waals surface area contributed by atoms with Crippen LogP contribution in [0.1, 0.15) is 51.8 Å². The number of halogens is 1. The maximum Gasteiger partial charge on any atom is 0.146 e. The lowest BCUT2D eigenvalue weighted by Crippen LogP contribution is -2.25. The van der Waals surface area contributed by atoms with E-state index in [1.807, 2.05) is 0 Å². The average Bonchev–Trinajstić information content (AvgIpc) is 2.35. The second kappa shape index (κ2) is 7.38. The standard InChI is InChI=1S/C14H23FN2/c1-4-8-16-13(10-11(3)5-2)14-12(15)7-6-9-17-14/h6-7,9,11,13,16H,4-5,8,10H2,1-3H3. The van der Waals surface area contributed by atoms with Crippen LogP contribution < -0.4 is 5.32 Å². The second-order valence-corrected chi connectivity index (χ2v) is 4.63. The zero-order valence-electron chi connectivity index (χ0n) is 11.0. The maximum atomic E-state index is 13.7. The van der Waals surface area contributed by atoms with E-state index in [1.54, 1.807) is 12.3 Å². The molecule has 0 amide bonds. The van der Waals surface area contributed by atoms with Crippen molar-refractivity contribution < 1.29 is 4.39 Å². The van der Waals surface area contributed by atoms with E-state index in [0.29, 0.717) is 11.6 Å². The molecule has 0 fully saturated rings. The highest BCUT2D eigenvalue weighted by Gasteiger charge is 2.18. The Labute approximate surface area is 104 Å². The van der Waals surface area contributed by atoms with E-state index in [4.69, 9.17) is 0 Å². The molecular formula is C14H23FN2. The van der Waals surface area contributed by atoms with Crippen molar-refractivity contribution in [2.75, 3.05) is 6.54 Å². The first-order valence-electron chi connectivity index (χ1n) is 6.52. The Morgan fingerprint density at radius 1 is 1.41 bits per heavy atom. The first-order chi connectivity index (χ1) is 8.19. The summed E-state index contributed by atoms with van der Waals surface area (Å²) < 4.78 is 13.7. The molecule has 1 aromatic rings. The van der Waals surface area contributed by atoms with E-state index < -0.39 is 0 Å². The molecule has 1 rings (SSSR count). The number of aromatic nitrogens is 1. The molecule has 96 valence electrons. The summed E-state index contributed by atoms with van der Waals surface area (Å²) >= 11 is 0. The van der Waals surface area contributed by atoms with E-state index in [9.17, 15) is 4.39 Å². The normalized spacial score (nSPS) is 14.6. The zero-order chi connectivity index (χ0) is 12.7. The Balaban J connectivity index is 2.78. The van der Waals surface area contributed by atoms with Crippen LogP contribution in [-0.4, -0.2) is 11.5 Å². The molecule has 2 nitrogen and oxygen atoms in total. The summed E-state index contributed by atoms with van der Waals surface area (Å²) in [4.78, 5) is 4.18. The van der Waals surface area contributed by atoms with Crippen molar-refractivity contribution in [3.63, 3.8) is 0 Å². The molecule has 2 unspecified atom stereocenters. The van der Waals surface area contributed by atoms with E-state index in [2.05, 4.69) is 31.1 Å². The molecule has 1 N–H and O–H groups in total. The molecule has 1 heterocycles. The maximum absolute atomic E-state index is 13.7. The molecule has 0 spiro atoms. The Morgan fingerprint density at radius 2 is 2.18 bits per heavy atom. The van der Waals surface area contributed by atoms with Gasteiger partial charge in [0, 0.05) is 6.20 Å². The highest BCUT2D eigenvalue weighted by Crippen LogP contribution is 2.23. The Morgan fingerprint density at radius 3 is 2.76 bits per heavy atom. The predicted octanol–water partition coefficient (Wildman–Crippen LogP) is 3.70. The molecule has 0 radical (unpaired) electrons. The van der Waals surface area contributed by atoms with E-state index >= 15 is 0 Å². The summed E-state index contributed by atoms with van der Waals surface area (Å²) in [6.45, 7) is 7.37. The van der Waals surface area contributed by atoms with Gasteiger partial charge in [-0.15, -0.1) is 0 Å². The summed E-state index contributed by atoms with van der Waals surface area (Å²) in [7, 11) is 0. The summed E-state index contributed by atoms with van der Waals surface area (Å²) in [6.07, 6.45) is 4.75. The van der Waals surface area contributed by atoms with Crippen LogP contribution in [0.4, 0.5) is 4.39 Å². The van der Waals surface area contributed by atoms with Crippen LogP contribution in [0.3, 0.4) is 0 Å². The largest absolute Gasteiger partial charge is 0.309 e. The van der Waals surface area contributed by atoms with Crippen LogP contribution in [0.25, 0.3) is 0 Å². The molecule has 0 aromatic carbocycles. The van der Waals surface area contributed by atoms with E-state index in [-0.39, 0.29) is 11.9 Å². The molecule has 0 bridgehead atoms. The molecule has 3 heteroatoms. The van der Waals surface area contributed by atoms with Gasteiger partial charge in [0.25, 0.3) is 0 Å². The fraction of sp³-hybridized carbons (Fsp3) is 0.643. The van der Waals surface area contributed by atoms with Crippen molar-refractivity contribution in [3.05, 3.63) is 29.8 Å². The van der Waals surface area contributed by atoms with Gasteiger partial charge in [-0.05, 0) is 37.4 Å². The van der Waals surface area contributed by atoms with Crippen molar-refractivity contribution in [2.45, 2.75) is 46.1 Å². The quantitative estimate of drug-likeness (QED) is 0.783. The van der Waals surface area contributed by atoms with Gasteiger partial charge in [-0.2, -0.15) is 0 Å². The van der Waals surface area contributed by atoms with Gasteiger partial charge < -0.3 is 5.32 Å². The van der Waals surface area contributed by atoms with Crippen molar-refractivity contribution in [1.29, 1.82) is 0 Å². The van der Waals surface area contributed by atoms with Gasteiger partial charge >= 0.3 is 0 Å². The van der Waals surface area contributed by atoms with Crippen LogP contribution in [0.5, 0.6) is 0 Å². The lowest BCUT2D eigenvalue weighted by Gasteiger charge is -2.21. The summed E-state index contributed by atoms with van der Waals surface area (Å²) in [5, 5.41) is 3.39. The second-order valence-electron chi connectivity index (χ2n) is 4.63. The Bertz CT molecular complexity index is 328. The third kappa shape index (κ3) is 4.43. The van der Waals surface area contributed by atoms with Crippen molar-refractivity contribution in [1.82, 2.24) is 10.3 Å².